The van der Waals surface area contributed by atoms with E-state index in [-0.39, 0.29) is 5.91 Å². The van der Waals surface area contributed by atoms with Crippen LogP contribution < -0.4 is 5.32 Å². The summed E-state index contributed by atoms with van der Waals surface area (Å²) in [5.41, 5.74) is 0. The molecule has 0 aliphatic heterocycles. The summed E-state index contributed by atoms with van der Waals surface area (Å²) in [5, 5.41) is 3.04. The fraction of sp³-hybridized carbons (Fsp3) is 0.875. The van der Waals surface area contributed by atoms with E-state index >= 15 is 0 Å². The van der Waals surface area contributed by atoms with Gasteiger partial charge in [0.05, 0.1) is 0 Å². The van der Waals surface area contributed by atoms with Crippen LogP contribution in [0.1, 0.15) is 111 Å². The molecule has 0 aromatic carbocycles. The number of amides is 1. The Labute approximate surface area is 170 Å². The molecule has 0 saturated heterocycles. The van der Waals surface area contributed by atoms with Crippen molar-refractivity contribution in [1.82, 2.24) is 10.2 Å². The molecule has 0 aliphatic carbocycles. The second kappa shape index (κ2) is 21.5. The Morgan fingerprint density at radius 3 is 1.81 bits per heavy atom. The van der Waals surface area contributed by atoms with Crippen molar-refractivity contribution in [2.24, 2.45) is 0 Å². The van der Waals surface area contributed by atoms with Crippen molar-refractivity contribution in [3.8, 4) is 0 Å². The van der Waals surface area contributed by atoms with Crippen LogP contribution in [0.3, 0.4) is 0 Å². The van der Waals surface area contributed by atoms with Crippen molar-refractivity contribution < 1.29 is 4.79 Å². The van der Waals surface area contributed by atoms with Crippen LogP contribution in [0.2, 0.25) is 0 Å². The third-order valence-corrected chi connectivity index (χ3v) is 5.31. The van der Waals surface area contributed by atoms with E-state index in [1.165, 1.54) is 77.0 Å². The second-order valence-corrected chi connectivity index (χ2v) is 7.71. The van der Waals surface area contributed by atoms with E-state index in [4.69, 9.17) is 0 Å². The molecule has 0 unspecified atom stereocenters. The summed E-state index contributed by atoms with van der Waals surface area (Å²) in [6.45, 7) is 10.5. The van der Waals surface area contributed by atoms with Gasteiger partial charge in [-0.05, 0) is 45.2 Å². The minimum Gasteiger partial charge on any atom is -0.355 e. The smallest absolute Gasteiger partial charge is 0.220 e. The first-order valence-electron chi connectivity index (χ1n) is 11.9. The fourth-order valence-electron chi connectivity index (χ4n) is 3.34. The number of hydrogen-bond acceptors (Lipinski definition) is 2. The molecule has 0 heterocycles. The maximum Gasteiger partial charge on any atom is 0.220 e. The van der Waals surface area contributed by atoms with Gasteiger partial charge >= 0.3 is 0 Å². The Bertz CT molecular complexity index is 337. The number of carbonyl (C=O) groups excluding carboxylic acids is 1. The predicted octanol–water partition coefficient (Wildman–Crippen LogP) is 6.48. The molecule has 27 heavy (non-hydrogen) atoms. The third kappa shape index (κ3) is 19.7. The molecule has 3 nitrogen and oxygen atoms in total. The van der Waals surface area contributed by atoms with Gasteiger partial charge in [-0.3, -0.25) is 4.79 Å². The zero-order valence-electron chi connectivity index (χ0n) is 18.7. The van der Waals surface area contributed by atoms with Crippen LogP contribution in [0, 0.1) is 0 Å². The summed E-state index contributed by atoms with van der Waals surface area (Å²) in [4.78, 5) is 14.1. The first-order chi connectivity index (χ1) is 13.2. The molecular formula is C24H48N2O. The zero-order valence-corrected chi connectivity index (χ0v) is 18.7. The van der Waals surface area contributed by atoms with Gasteiger partial charge < -0.3 is 10.2 Å². The molecule has 0 saturated carbocycles. The lowest BCUT2D eigenvalue weighted by molar-refractivity contribution is -0.121. The number of unbranched alkanes of at least 4 members (excludes halogenated alkanes) is 11. The average molecular weight is 381 g/mol. The lowest BCUT2D eigenvalue weighted by Crippen LogP contribution is -2.34. The highest BCUT2D eigenvalue weighted by Gasteiger charge is 2.02. The molecular weight excluding hydrogens is 332 g/mol. The average Bonchev–Trinajstić information content (AvgIpc) is 2.68. The number of nitrogens with zero attached hydrogens (tertiary/aromatic N) is 1. The topological polar surface area (TPSA) is 32.3 Å². The molecule has 160 valence electrons. The molecule has 0 spiro atoms. The van der Waals surface area contributed by atoms with Gasteiger partial charge in [0.15, 0.2) is 0 Å². The minimum absolute atomic E-state index is 0.222. The first-order valence-corrected chi connectivity index (χ1v) is 11.9. The van der Waals surface area contributed by atoms with Gasteiger partial charge in [0.25, 0.3) is 0 Å². The number of nitrogens with one attached hydrogen (secondary N) is 1. The summed E-state index contributed by atoms with van der Waals surface area (Å²) in [7, 11) is 0. The number of hydrogen-bond donors (Lipinski definition) is 1. The Hall–Kier alpha value is -0.830. The zero-order chi connectivity index (χ0) is 20.0. The second-order valence-electron chi connectivity index (χ2n) is 7.71. The molecule has 0 radical (unpaired) electrons. The van der Waals surface area contributed by atoms with Crippen molar-refractivity contribution >= 4 is 5.91 Å². The predicted molar refractivity (Wildman–Crippen MR) is 120 cm³/mol. The molecule has 0 aromatic heterocycles. The Kier molecular flexibility index (Phi) is 20.8. The number of rotatable bonds is 20. The summed E-state index contributed by atoms with van der Waals surface area (Å²) < 4.78 is 0. The van der Waals surface area contributed by atoms with Crippen LogP contribution in [0.15, 0.2) is 12.2 Å². The van der Waals surface area contributed by atoms with E-state index in [9.17, 15) is 4.79 Å². The molecule has 1 amide bonds. The maximum absolute atomic E-state index is 11.8. The van der Waals surface area contributed by atoms with Crippen molar-refractivity contribution in [1.29, 1.82) is 0 Å². The van der Waals surface area contributed by atoms with E-state index in [1.54, 1.807) is 0 Å². The molecule has 1 N–H and O–H groups in total. The molecule has 0 bridgehead atoms. The van der Waals surface area contributed by atoms with E-state index in [0.29, 0.717) is 6.42 Å². The SMILES string of the molecule is CCCCCCCC/C=C/CCCCCCCC(=O)NCCN(CC)CC. The van der Waals surface area contributed by atoms with Gasteiger partial charge in [-0.25, -0.2) is 0 Å². The normalized spacial score (nSPS) is 11.6. The lowest BCUT2D eigenvalue weighted by Gasteiger charge is -2.17. The van der Waals surface area contributed by atoms with Gasteiger partial charge in [-0.1, -0.05) is 84.3 Å². The summed E-state index contributed by atoms with van der Waals surface area (Å²) in [6, 6.07) is 0. The van der Waals surface area contributed by atoms with Crippen molar-refractivity contribution in [3.05, 3.63) is 12.2 Å². The van der Waals surface area contributed by atoms with E-state index in [2.05, 4.69) is 43.1 Å². The van der Waals surface area contributed by atoms with Crippen LogP contribution >= 0.6 is 0 Å². The minimum atomic E-state index is 0.222. The molecule has 0 aromatic rings. The molecule has 0 atom stereocenters. The summed E-state index contributed by atoms with van der Waals surface area (Å²) in [5.74, 6) is 0.222. The van der Waals surface area contributed by atoms with Crippen LogP contribution in [-0.2, 0) is 4.79 Å². The number of carbonyl (C=O) groups is 1. The summed E-state index contributed by atoms with van der Waals surface area (Å²) >= 11 is 0. The highest BCUT2D eigenvalue weighted by molar-refractivity contribution is 5.75. The third-order valence-electron chi connectivity index (χ3n) is 5.31. The standard InChI is InChI=1S/C24H48N2O/c1-4-7-8-9-10-11-12-13-14-15-16-17-18-19-20-21-24(27)25-22-23-26(5-2)6-3/h13-14H,4-12,15-23H2,1-3H3,(H,25,27)/b14-13+. The summed E-state index contributed by atoms with van der Waals surface area (Å²) in [6.07, 6.45) is 22.3. The molecule has 3 heteroatoms. The van der Waals surface area contributed by atoms with Crippen LogP contribution in [-0.4, -0.2) is 37.0 Å². The molecule has 0 rings (SSSR count). The van der Waals surface area contributed by atoms with Gasteiger partial charge in [0.2, 0.25) is 5.91 Å². The fourth-order valence-corrected chi connectivity index (χ4v) is 3.34. The van der Waals surface area contributed by atoms with Crippen molar-refractivity contribution in [3.63, 3.8) is 0 Å². The monoisotopic (exact) mass is 380 g/mol. The van der Waals surface area contributed by atoms with Gasteiger partial charge in [-0.2, -0.15) is 0 Å². The Morgan fingerprint density at radius 1 is 0.741 bits per heavy atom. The highest BCUT2D eigenvalue weighted by atomic mass is 16.1. The van der Waals surface area contributed by atoms with Crippen molar-refractivity contribution in [2.75, 3.05) is 26.2 Å². The largest absolute Gasteiger partial charge is 0.355 e. The molecule has 0 aliphatic rings. The van der Waals surface area contributed by atoms with Crippen LogP contribution in [0.4, 0.5) is 0 Å². The van der Waals surface area contributed by atoms with E-state index < -0.39 is 0 Å². The highest BCUT2D eigenvalue weighted by Crippen LogP contribution is 2.09. The Balaban J connectivity index is 3.28. The maximum atomic E-state index is 11.8. The van der Waals surface area contributed by atoms with Crippen LogP contribution in [0.5, 0.6) is 0 Å². The van der Waals surface area contributed by atoms with Gasteiger partial charge in [-0.15, -0.1) is 0 Å². The van der Waals surface area contributed by atoms with E-state index in [0.717, 1.165) is 32.6 Å². The van der Waals surface area contributed by atoms with E-state index in [1.807, 2.05) is 0 Å². The van der Waals surface area contributed by atoms with Crippen molar-refractivity contribution in [2.45, 2.75) is 111 Å². The number of allylic oxidation sites excluding steroid dienone is 2. The molecule has 0 fully saturated rings. The number of likely N-dealkylation sites (N-methyl/N-ethyl adjacent to an activating group) is 1. The quantitative estimate of drug-likeness (QED) is 0.193. The lowest BCUT2D eigenvalue weighted by atomic mass is 10.1. The van der Waals surface area contributed by atoms with Gasteiger partial charge in [0.1, 0.15) is 0 Å². The Morgan fingerprint density at radius 2 is 1.26 bits per heavy atom. The first kappa shape index (κ1) is 26.2. The van der Waals surface area contributed by atoms with Gasteiger partial charge in [0, 0.05) is 19.5 Å². The van der Waals surface area contributed by atoms with Crippen LogP contribution in [0.25, 0.3) is 0 Å².